The number of carbonyl (C=O) groups is 2. The van der Waals surface area contributed by atoms with Crippen LogP contribution in [-0.2, 0) is 27.4 Å². The SMILES string of the molecule is O=C(COc1ccc(-c2nc3ccc(N4Cc5cc(N6CCOCC6)ccc5C4=O)cc3[nH]2)cc1)OCc1ccccc1. The molecule has 7 rings (SSSR count). The number of imidazole rings is 1. The molecule has 5 aromatic rings. The lowest BCUT2D eigenvalue weighted by atomic mass is 10.1. The Hall–Kier alpha value is -5.15. The Bertz CT molecular complexity index is 1780. The third kappa shape index (κ3) is 5.67. The standard InChI is InChI=1S/C34H30N4O5/c39-32(43-21-23-4-2-1-3-5-23)22-42-28-10-6-24(7-11-28)33-35-30-13-9-27(19-31(30)36-33)38-20-25-18-26(8-12-29(25)34(38)40)37-14-16-41-17-15-37/h1-13,18-19H,14-17,20-22H2,(H,35,36). The Labute approximate surface area is 248 Å². The molecule has 4 aromatic carbocycles. The first-order chi connectivity index (χ1) is 21.1. The van der Waals surface area contributed by atoms with Crippen LogP contribution in [-0.4, -0.2) is 54.8 Å². The molecule has 0 radical (unpaired) electrons. The van der Waals surface area contributed by atoms with Gasteiger partial charge in [-0.05, 0) is 71.8 Å². The fraction of sp³-hybridized carbons (Fsp3) is 0.206. The van der Waals surface area contributed by atoms with Crippen LogP contribution in [0.3, 0.4) is 0 Å². The number of rotatable bonds is 8. The van der Waals surface area contributed by atoms with Gasteiger partial charge in [-0.25, -0.2) is 9.78 Å². The summed E-state index contributed by atoms with van der Waals surface area (Å²) in [5.41, 5.74) is 7.17. The van der Waals surface area contributed by atoms with Crippen LogP contribution in [0.25, 0.3) is 22.4 Å². The minimum atomic E-state index is -0.432. The minimum Gasteiger partial charge on any atom is -0.482 e. The van der Waals surface area contributed by atoms with E-state index in [1.54, 1.807) is 12.1 Å². The number of anilines is 2. The van der Waals surface area contributed by atoms with Gasteiger partial charge in [0.2, 0.25) is 0 Å². The highest BCUT2D eigenvalue weighted by Crippen LogP contribution is 2.33. The van der Waals surface area contributed by atoms with Crippen molar-refractivity contribution in [3.05, 3.63) is 108 Å². The summed E-state index contributed by atoms with van der Waals surface area (Å²) in [6.07, 6.45) is 0. The number of nitrogens with zero attached hydrogens (tertiary/aromatic N) is 3. The molecular weight excluding hydrogens is 544 g/mol. The van der Waals surface area contributed by atoms with Crippen molar-refractivity contribution in [1.29, 1.82) is 0 Å². The van der Waals surface area contributed by atoms with Crippen molar-refractivity contribution in [2.24, 2.45) is 0 Å². The number of H-pyrrole nitrogens is 1. The van der Waals surface area contributed by atoms with Crippen molar-refractivity contribution in [2.75, 3.05) is 42.7 Å². The third-order valence-corrected chi connectivity index (χ3v) is 7.77. The summed E-state index contributed by atoms with van der Waals surface area (Å²) in [5, 5.41) is 0. The maximum absolute atomic E-state index is 13.3. The van der Waals surface area contributed by atoms with Crippen LogP contribution in [0, 0.1) is 0 Å². The molecule has 9 heteroatoms. The fourth-order valence-corrected chi connectivity index (χ4v) is 5.47. The van der Waals surface area contributed by atoms with Crippen molar-refractivity contribution in [1.82, 2.24) is 9.97 Å². The molecule has 43 heavy (non-hydrogen) atoms. The molecular formula is C34H30N4O5. The zero-order valence-corrected chi connectivity index (χ0v) is 23.5. The number of hydrogen-bond acceptors (Lipinski definition) is 7. The second kappa shape index (κ2) is 11.6. The Morgan fingerprint density at radius 2 is 1.70 bits per heavy atom. The number of ether oxygens (including phenoxy) is 3. The van der Waals surface area contributed by atoms with Gasteiger partial charge in [0, 0.05) is 35.6 Å². The molecule has 1 aromatic heterocycles. The van der Waals surface area contributed by atoms with E-state index in [0.717, 1.165) is 71.0 Å². The van der Waals surface area contributed by atoms with Gasteiger partial charge in [-0.3, -0.25) is 4.79 Å². The van der Waals surface area contributed by atoms with Crippen LogP contribution in [0.15, 0.2) is 91.0 Å². The van der Waals surface area contributed by atoms with Gasteiger partial charge in [-0.1, -0.05) is 30.3 Å². The summed E-state index contributed by atoms with van der Waals surface area (Å²) in [6.45, 7) is 3.72. The fourth-order valence-electron chi connectivity index (χ4n) is 5.47. The summed E-state index contributed by atoms with van der Waals surface area (Å²) in [7, 11) is 0. The molecule has 3 heterocycles. The quantitative estimate of drug-likeness (QED) is 0.250. The van der Waals surface area contributed by atoms with Crippen molar-refractivity contribution >= 4 is 34.3 Å². The maximum Gasteiger partial charge on any atom is 0.344 e. The van der Waals surface area contributed by atoms with E-state index < -0.39 is 5.97 Å². The molecule has 0 aliphatic carbocycles. The van der Waals surface area contributed by atoms with E-state index >= 15 is 0 Å². The van der Waals surface area contributed by atoms with Gasteiger partial charge < -0.3 is 29.0 Å². The Morgan fingerprint density at radius 1 is 0.907 bits per heavy atom. The zero-order valence-electron chi connectivity index (χ0n) is 23.5. The first-order valence-corrected chi connectivity index (χ1v) is 14.3. The topological polar surface area (TPSA) is 97.0 Å². The Balaban J connectivity index is 1.00. The second-order valence-electron chi connectivity index (χ2n) is 10.6. The highest BCUT2D eigenvalue weighted by atomic mass is 16.6. The number of nitrogens with one attached hydrogen (secondary N) is 1. The molecule has 1 saturated heterocycles. The number of benzene rings is 4. The summed E-state index contributed by atoms with van der Waals surface area (Å²) >= 11 is 0. The number of hydrogen-bond donors (Lipinski definition) is 1. The lowest BCUT2D eigenvalue weighted by molar-refractivity contribution is -0.147. The monoisotopic (exact) mass is 574 g/mol. The number of esters is 1. The van der Waals surface area contributed by atoms with E-state index in [9.17, 15) is 9.59 Å². The third-order valence-electron chi connectivity index (χ3n) is 7.77. The highest BCUT2D eigenvalue weighted by Gasteiger charge is 2.29. The van der Waals surface area contributed by atoms with Gasteiger partial charge in [0.05, 0.1) is 30.8 Å². The number of fused-ring (bicyclic) bond motifs is 2. The van der Waals surface area contributed by atoms with Crippen LogP contribution in [0.4, 0.5) is 11.4 Å². The first-order valence-electron chi connectivity index (χ1n) is 14.3. The molecule has 1 fully saturated rings. The van der Waals surface area contributed by atoms with Crippen molar-refractivity contribution in [3.8, 4) is 17.1 Å². The van der Waals surface area contributed by atoms with Crippen molar-refractivity contribution in [3.63, 3.8) is 0 Å². The number of carbonyl (C=O) groups excluding carboxylic acids is 2. The molecule has 1 amide bonds. The zero-order chi connectivity index (χ0) is 29.2. The van der Waals surface area contributed by atoms with E-state index in [4.69, 9.17) is 19.2 Å². The number of aromatic amines is 1. The second-order valence-corrected chi connectivity index (χ2v) is 10.6. The van der Waals surface area contributed by atoms with Crippen molar-refractivity contribution in [2.45, 2.75) is 13.2 Å². The Morgan fingerprint density at radius 3 is 2.51 bits per heavy atom. The average molecular weight is 575 g/mol. The average Bonchev–Trinajstić information content (AvgIpc) is 3.64. The summed E-state index contributed by atoms with van der Waals surface area (Å²) in [4.78, 5) is 37.6. The molecule has 216 valence electrons. The molecule has 0 unspecified atom stereocenters. The predicted molar refractivity (Wildman–Crippen MR) is 163 cm³/mol. The van der Waals surface area contributed by atoms with E-state index in [1.807, 2.05) is 77.7 Å². The normalized spacial score (nSPS) is 14.7. The predicted octanol–water partition coefficient (Wildman–Crippen LogP) is 5.35. The Kier molecular flexibility index (Phi) is 7.22. The minimum absolute atomic E-state index is 0.00199. The molecule has 0 saturated carbocycles. The van der Waals surface area contributed by atoms with E-state index in [2.05, 4.69) is 16.0 Å². The van der Waals surface area contributed by atoms with Crippen LogP contribution in [0.2, 0.25) is 0 Å². The molecule has 2 aliphatic rings. The van der Waals surface area contributed by atoms with Crippen molar-refractivity contribution < 1.29 is 23.8 Å². The summed E-state index contributed by atoms with van der Waals surface area (Å²) < 4.78 is 16.4. The van der Waals surface area contributed by atoms with Crippen LogP contribution < -0.4 is 14.5 Å². The molecule has 9 nitrogen and oxygen atoms in total. The van der Waals surface area contributed by atoms with Gasteiger partial charge in [0.15, 0.2) is 6.61 Å². The number of aromatic nitrogens is 2. The van der Waals surface area contributed by atoms with E-state index in [0.29, 0.717) is 18.1 Å². The lowest BCUT2D eigenvalue weighted by Gasteiger charge is -2.29. The van der Waals surface area contributed by atoms with E-state index in [1.165, 1.54) is 0 Å². The van der Waals surface area contributed by atoms with Gasteiger partial charge in [0.1, 0.15) is 18.2 Å². The van der Waals surface area contributed by atoms with Gasteiger partial charge in [-0.15, -0.1) is 0 Å². The molecule has 0 spiro atoms. The van der Waals surface area contributed by atoms with Crippen LogP contribution in [0.5, 0.6) is 5.75 Å². The molecule has 1 N–H and O–H groups in total. The summed E-state index contributed by atoms with van der Waals surface area (Å²) in [5.74, 6) is 0.829. The highest BCUT2D eigenvalue weighted by molar-refractivity contribution is 6.10. The van der Waals surface area contributed by atoms with Gasteiger partial charge >= 0.3 is 5.97 Å². The first kappa shape index (κ1) is 26.7. The van der Waals surface area contributed by atoms with E-state index in [-0.39, 0.29) is 19.1 Å². The van der Waals surface area contributed by atoms with Crippen LogP contribution in [0.1, 0.15) is 21.5 Å². The lowest BCUT2D eigenvalue weighted by Crippen LogP contribution is -2.36. The maximum atomic E-state index is 13.3. The molecule has 0 bridgehead atoms. The largest absolute Gasteiger partial charge is 0.482 e. The summed E-state index contributed by atoms with van der Waals surface area (Å²) in [6, 6.07) is 28.8. The molecule has 2 aliphatic heterocycles. The number of morpholine rings is 1. The van der Waals surface area contributed by atoms with Crippen LogP contribution >= 0.6 is 0 Å². The molecule has 0 atom stereocenters. The van der Waals surface area contributed by atoms with Gasteiger partial charge in [-0.2, -0.15) is 0 Å². The van der Waals surface area contributed by atoms with Gasteiger partial charge in [0.25, 0.3) is 5.91 Å². The number of amides is 1. The smallest absolute Gasteiger partial charge is 0.344 e.